The summed E-state index contributed by atoms with van der Waals surface area (Å²) >= 11 is 3.18. The molecular formula is C12H19N3O2S2. The van der Waals surface area contributed by atoms with Crippen LogP contribution in [0, 0.1) is 0 Å². The molecule has 0 amide bonds. The molecule has 1 aromatic rings. The smallest absolute Gasteiger partial charge is 0.323 e. The van der Waals surface area contributed by atoms with Gasteiger partial charge in [-0.1, -0.05) is 30.0 Å². The van der Waals surface area contributed by atoms with Crippen LogP contribution in [0.5, 0.6) is 0 Å². The van der Waals surface area contributed by atoms with Crippen molar-refractivity contribution >= 4 is 29.1 Å². The Morgan fingerprint density at radius 2 is 2.58 bits per heavy atom. The normalized spacial score (nSPS) is 27.3. The standard InChI is InChI=1S/C12H19N3O2S2/c1-2-6-13-12(10(16)17)5-3-4-9(7-12)19-11-15-14-8-18-11/h8-9,13H,2-7H2,1H3,(H,16,17). The molecule has 1 aliphatic rings. The third-order valence-corrected chi connectivity index (χ3v) is 5.52. The van der Waals surface area contributed by atoms with Gasteiger partial charge in [0.1, 0.15) is 11.0 Å². The number of hydrogen-bond acceptors (Lipinski definition) is 6. The first kappa shape index (κ1) is 14.7. The fraction of sp³-hybridized carbons (Fsp3) is 0.750. The zero-order chi connectivity index (χ0) is 13.7. The summed E-state index contributed by atoms with van der Waals surface area (Å²) in [6.07, 6.45) is 4.32. The predicted molar refractivity (Wildman–Crippen MR) is 76.7 cm³/mol. The van der Waals surface area contributed by atoms with Crippen molar-refractivity contribution in [2.45, 2.75) is 54.2 Å². The highest BCUT2D eigenvalue weighted by Crippen LogP contribution is 2.38. The van der Waals surface area contributed by atoms with E-state index in [0.29, 0.717) is 11.7 Å². The minimum atomic E-state index is -0.753. The van der Waals surface area contributed by atoms with Crippen LogP contribution in [0.4, 0.5) is 0 Å². The van der Waals surface area contributed by atoms with Crippen molar-refractivity contribution in [3.05, 3.63) is 5.51 Å². The molecule has 0 aliphatic heterocycles. The van der Waals surface area contributed by atoms with E-state index in [1.165, 1.54) is 11.3 Å². The molecule has 0 aromatic carbocycles. The van der Waals surface area contributed by atoms with Crippen molar-refractivity contribution in [2.24, 2.45) is 0 Å². The van der Waals surface area contributed by atoms with Crippen LogP contribution in [0.25, 0.3) is 0 Å². The summed E-state index contributed by atoms with van der Waals surface area (Å²) in [5.74, 6) is -0.719. The number of thioether (sulfide) groups is 1. The average Bonchev–Trinajstić information content (AvgIpc) is 2.89. The first-order valence-corrected chi connectivity index (χ1v) is 8.33. The van der Waals surface area contributed by atoms with Gasteiger partial charge in [-0.15, -0.1) is 10.2 Å². The van der Waals surface area contributed by atoms with E-state index in [9.17, 15) is 9.90 Å². The van der Waals surface area contributed by atoms with E-state index in [1.54, 1.807) is 17.3 Å². The Kier molecular flexibility index (Phi) is 5.18. The molecule has 0 spiro atoms. The monoisotopic (exact) mass is 301 g/mol. The molecule has 0 saturated heterocycles. The molecule has 1 aliphatic carbocycles. The van der Waals surface area contributed by atoms with Crippen molar-refractivity contribution in [3.8, 4) is 0 Å². The van der Waals surface area contributed by atoms with E-state index in [1.807, 2.05) is 0 Å². The molecule has 2 N–H and O–H groups in total. The van der Waals surface area contributed by atoms with E-state index in [-0.39, 0.29) is 0 Å². The van der Waals surface area contributed by atoms with Crippen LogP contribution >= 0.6 is 23.1 Å². The van der Waals surface area contributed by atoms with Gasteiger partial charge in [0.2, 0.25) is 0 Å². The van der Waals surface area contributed by atoms with Crippen molar-refractivity contribution in [2.75, 3.05) is 6.54 Å². The van der Waals surface area contributed by atoms with Crippen molar-refractivity contribution in [1.29, 1.82) is 0 Å². The van der Waals surface area contributed by atoms with Gasteiger partial charge in [-0.05, 0) is 38.6 Å². The topological polar surface area (TPSA) is 75.1 Å². The largest absolute Gasteiger partial charge is 0.480 e. The molecule has 0 bridgehead atoms. The predicted octanol–water partition coefficient (Wildman–Crippen LogP) is 2.40. The third kappa shape index (κ3) is 3.67. The SMILES string of the molecule is CCCNC1(C(=O)O)CCCC(Sc2nncs2)C1. The summed E-state index contributed by atoms with van der Waals surface area (Å²) in [5, 5.41) is 21.0. The lowest BCUT2D eigenvalue weighted by atomic mass is 9.81. The van der Waals surface area contributed by atoms with Crippen LogP contribution in [-0.4, -0.2) is 38.6 Å². The molecule has 1 saturated carbocycles. The fourth-order valence-electron chi connectivity index (χ4n) is 2.48. The van der Waals surface area contributed by atoms with Gasteiger partial charge in [-0.2, -0.15) is 0 Å². The summed E-state index contributed by atoms with van der Waals surface area (Å²) in [6.45, 7) is 2.81. The van der Waals surface area contributed by atoms with Crippen molar-refractivity contribution in [1.82, 2.24) is 15.5 Å². The number of carboxylic acids is 1. The van der Waals surface area contributed by atoms with Crippen LogP contribution in [0.15, 0.2) is 9.85 Å². The Bertz CT molecular complexity index is 413. The van der Waals surface area contributed by atoms with Gasteiger partial charge in [0.15, 0.2) is 4.34 Å². The Hall–Kier alpha value is -0.660. The van der Waals surface area contributed by atoms with Crippen LogP contribution in [0.1, 0.15) is 39.0 Å². The number of aliphatic carboxylic acids is 1. The first-order chi connectivity index (χ1) is 9.16. The molecule has 1 heterocycles. The maximum absolute atomic E-state index is 11.6. The Morgan fingerprint density at radius 3 is 3.21 bits per heavy atom. The summed E-state index contributed by atoms with van der Waals surface area (Å²) in [4.78, 5) is 11.6. The fourth-order valence-corrected chi connectivity index (χ4v) is 4.55. The quantitative estimate of drug-likeness (QED) is 0.840. The molecule has 1 aromatic heterocycles. The average molecular weight is 301 g/mol. The third-order valence-electron chi connectivity index (χ3n) is 3.44. The number of rotatable bonds is 6. The van der Waals surface area contributed by atoms with Crippen LogP contribution < -0.4 is 5.32 Å². The molecule has 2 rings (SSSR count). The number of aromatic nitrogens is 2. The second-order valence-corrected chi connectivity index (χ2v) is 7.24. The molecular weight excluding hydrogens is 282 g/mol. The molecule has 0 radical (unpaired) electrons. The van der Waals surface area contributed by atoms with Crippen molar-refractivity contribution < 1.29 is 9.90 Å². The van der Waals surface area contributed by atoms with Gasteiger partial charge in [-0.3, -0.25) is 4.79 Å². The number of hydrogen-bond donors (Lipinski definition) is 2. The van der Waals surface area contributed by atoms with E-state index < -0.39 is 11.5 Å². The minimum Gasteiger partial charge on any atom is -0.480 e. The molecule has 5 nitrogen and oxygen atoms in total. The van der Waals surface area contributed by atoms with Gasteiger partial charge in [0, 0.05) is 5.25 Å². The number of carbonyl (C=O) groups is 1. The highest BCUT2D eigenvalue weighted by Gasteiger charge is 2.42. The van der Waals surface area contributed by atoms with E-state index in [0.717, 1.165) is 36.6 Å². The lowest BCUT2D eigenvalue weighted by Gasteiger charge is -2.37. The second kappa shape index (κ2) is 6.67. The molecule has 106 valence electrons. The maximum atomic E-state index is 11.6. The summed E-state index contributed by atoms with van der Waals surface area (Å²) < 4.78 is 0.932. The summed E-state index contributed by atoms with van der Waals surface area (Å²) in [5.41, 5.74) is 0.960. The number of nitrogens with one attached hydrogen (secondary N) is 1. The zero-order valence-electron chi connectivity index (χ0n) is 11.0. The number of carboxylic acid groups (broad SMARTS) is 1. The lowest BCUT2D eigenvalue weighted by molar-refractivity contribution is -0.146. The van der Waals surface area contributed by atoms with E-state index >= 15 is 0 Å². The summed E-state index contributed by atoms with van der Waals surface area (Å²) in [7, 11) is 0. The second-order valence-electron chi connectivity index (χ2n) is 4.85. The zero-order valence-corrected chi connectivity index (χ0v) is 12.6. The Labute approximate surface area is 121 Å². The molecule has 19 heavy (non-hydrogen) atoms. The minimum absolute atomic E-state index is 0.308. The summed E-state index contributed by atoms with van der Waals surface area (Å²) in [6, 6.07) is 0. The van der Waals surface area contributed by atoms with E-state index in [2.05, 4.69) is 22.4 Å². The molecule has 7 heteroatoms. The Morgan fingerprint density at radius 1 is 1.74 bits per heavy atom. The van der Waals surface area contributed by atoms with Gasteiger partial charge < -0.3 is 10.4 Å². The van der Waals surface area contributed by atoms with E-state index in [4.69, 9.17) is 0 Å². The first-order valence-electron chi connectivity index (χ1n) is 6.57. The number of nitrogens with zero attached hydrogens (tertiary/aromatic N) is 2. The van der Waals surface area contributed by atoms with Gasteiger partial charge in [-0.25, -0.2) is 0 Å². The molecule has 1 fully saturated rings. The van der Waals surface area contributed by atoms with Gasteiger partial charge >= 0.3 is 5.97 Å². The van der Waals surface area contributed by atoms with Crippen LogP contribution in [0.3, 0.4) is 0 Å². The Balaban J connectivity index is 2.02. The highest BCUT2D eigenvalue weighted by atomic mass is 32.2. The molecule has 2 atom stereocenters. The van der Waals surface area contributed by atoms with Gasteiger partial charge in [0.05, 0.1) is 0 Å². The maximum Gasteiger partial charge on any atom is 0.323 e. The molecule has 2 unspecified atom stereocenters. The van der Waals surface area contributed by atoms with Crippen LogP contribution in [0.2, 0.25) is 0 Å². The van der Waals surface area contributed by atoms with Crippen molar-refractivity contribution in [3.63, 3.8) is 0 Å². The lowest BCUT2D eigenvalue weighted by Crippen LogP contribution is -2.55. The van der Waals surface area contributed by atoms with Gasteiger partial charge in [0.25, 0.3) is 0 Å². The highest BCUT2D eigenvalue weighted by molar-refractivity contribution is 8.01. The van der Waals surface area contributed by atoms with Crippen LogP contribution in [-0.2, 0) is 4.79 Å².